The van der Waals surface area contributed by atoms with Gasteiger partial charge in [-0.3, -0.25) is 4.18 Å². The number of benzene rings is 1. The van der Waals surface area contributed by atoms with Crippen LogP contribution >= 0.6 is 0 Å². The highest BCUT2D eigenvalue weighted by Gasteiger charge is 2.24. The van der Waals surface area contributed by atoms with E-state index in [1.54, 1.807) is 19.1 Å². The SMILES string of the molecule is Cc1ccc(S(=O)(=O)OC(C)Cn2c([N+](=O)[O-])cnc2C)cc1. The molecule has 2 rings (SSSR count). The molecule has 2 aromatic rings. The van der Waals surface area contributed by atoms with Crippen molar-refractivity contribution in [2.45, 2.75) is 38.3 Å². The van der Waals surface area contributed by atoms with Gasteiger partial charge in [-0.2, -0.15) is 8.42 Å². The quantitative estimate of drug-likeness (QED) is 0.454. The Hall–Kier alpha value is -2.26. The van der Waals surface area contributed by atoms with Crippen LogP contribution in [0.5, 0.6) is 0 Å². The van der Waals surface area contributed by atoms with Crippen LogP contribution in [0.3, 0.4) is 0 Å². The van der Waals surface area contributed by atoms with Crippen molar-refractivity contribution in [3.8, 4) is 0 Å². The Morgan fingerprint density at radius 3 is 2.48 bits per heavy atom. The molecule has 1 heterocycles. The molecule has 0 bridgehead atoms. The minimum atomic E-state index is -3.93. The molecule has 0 saturated heterocycles. The molecule has 0 aliphatic rings. The van der Waals surface area contributed by atoms with E-state index in [0.29, 0.717) is 5.82 Å². The second-order valence-corrected chi connectivity index (χ2v) is 6.78. The topological polar surface area (TPSA) is 104 Å². The van der Waals surface area contributed by atoms with Crippen LogP contribution in [0.2, 0.25) is 0 Å². The molecule has 1 aromatic heterocycles. The predicted molar refractivity (Wildman–Crippen MR) is 82.5 cm³/mol. The predicted octanol–water partition coefficient (Wildman–Crippen LogP) is 2.20. The maximum absolute atomic E-state index is 12.2. The minimum absolute atomic E-state index is 0.00718. The first-order chi connectivity index (χ1) is 10.7. The van der Waals surface area contributed by atoms with Crippen molar-refractivity contribution < 1.29 is 17.5 Å². The summed E-state index contributed by atoms with van der Waals surface area (Å²) in [5.41, 5.74) is 0.932. The smallest absolute Gasteiger partial charge is 0.342 e. The first-order valence-electron chi connectivity index (χ1n) is 6.87. The number of hydrogen-bond donors (Lipinski definition) is 0. The number of nitrogens with zero attached hydrogens (tertiary/aromatic N) is 3. The molecule has 1 unspecified atom stereocenters. The van der Waals surface area contributed by atoms with Crippen LogP contribution in [0.15, 0.2) is 35.4 Å². The number of aromatic nitrogens is 2. The Morgan fingerprint density at radius 2 is 1.91 bits per heavy atom. The van der Waals surface area contributed by atoms with Gasteiger partial charge in [0.2, 0.25) is 0 Å². The lowest BCUT2D eigenvalue weighted by Crippen LogP contribution is -2.22. The van der Waals surface area contributed by atoms with Crippen molar-refractivity contribution in [2.24, 2.45) is 0 Å². The van der Waals surface area contributed by atoms with Crippen molar-refractivity contribution in [1.29, 1.82) is 0 Å². The van der Waals surface area contributed by atoms with Crippen LogP contribution in [0.1, 0.15) is 18.3 Å². The van der Waals surface area contributed by atoms with Gasteiger partial charge in [-0.1, -0.05) is 17.7 Å². The Morgan fingerprint density at radius 1 is 1.30 bits per heavy atom. The molecule has 23 heavy (non-hydrogen) atoms. The highest BCUT2D eigenvalue weighted by molar-refractivity contribution is 7.86. The van der Waals surface area contributed by atoms with Crippen molar-refractivity contribution in [1.82, 2.24) is 9.55 Å². The van der Waals surface area contributed by atoms with Gasteiger partial charge in [-0.05, 0) is 30.9 Å². The molecule has 9 heteroatoms. The largest absolute Gasteiger partial charge is 0.358 e. The van der Waals surface area contributed by atoms with E-state index in [1.807, 2.05) is 6.92 Å². The Balaban J connectivity index is 2.16. The fourth-order valence-electron chi connectivity index (χ4n) is 2.09. The van der Waals surface area contributed by atoms with Gasteiger partial charge in [0.1, 0.15) is 18.8 Å². The fraction of sp³-hybridized carbons (Fsp3) is 0.357. The van der Waals surface area contributed by atoms with Crippen molar-refractivity contribution in [3.05, 3.63) is 52.0 Å². The highest BCUT2D eigenvalue weighted by atomic mass is 32.2. The summed E-state index contributed by atoms with van der Waals surface area (Å²) in [4.78, 5) is 14.3. The standard InChI is InChI=1S/C14H17N3O5S/c1-10-4-6-13(7-5-10)23(20,21)22-11(2)9-16-12(3)15-8-14(16)17(18)19/h4-8,11H,9H2,1-3H3. The molecule has 1 aromatic carbocycles. The first kappa shape index (κ1) is 17.1. The molecule has 0 amide bonds. The molecule has 0 spiro atoms. The van der Waals surface area contributed by atoms with Crippen LogP contribution < -0.4 is 0 Å². The zero-order valence-electron chi connectivity index (χ0n) is 13.0. The van der Waals surface area contributed by atoms with E-state index in [0.717, 1.165) is 11.8 Å². The minimum Gasteiger partial charge on any atom is -0.358 e. The van der Waals surface area contributed by atoms with Gasteiger partial charge < -0.3 is 10.1 Å². The van der Waals surface area contributed by atoms with Gasteiger partial charge >= 0.3 is 5.82 Å². The first-order valence-corrected chi connectivity index (χ1v) is 8.28. The van der Waals surface area contributed by atoms with Gasteiger partial charge in [0, 0.05) is 6.92 Å². The van der Waals surface area contributed by atoms with Crippen LogP contribution in [0, 0.1) is 24.0 Å². The molecule has 8 nitrogen and oxygen atoms in total. The molecule has 0 aliphatic carbocycles. The van der Waals surface area contributed by atoms with E-state index in [1.165, 1.54) is 23.6 Å². The van der Waals surface area contributed by atoms with Crippen LogP contribution in [-0.2, 0) is 20.8 Å². The monoisotopic (exact) mass is 339 g/mol. The Bertz CT molecular complexity index is 811. The van der Waals surface area contributed by atoms with Gasteiger partial charge in [-0.15, -0.1) is 0 Å². The maximum atomic E-state index is 12.2. The molecule has 0 aliphatic heterocycles. The van der Waals surface area contributed by atoms with Crippen molar-refractivity contribution >= 4 is 15.9 Å². The summed E-state index contributed by atoms with van der Waals surface area (Å²) in [5.74, 6) is 0.213. The molecule has 0 saturated carbocycles. The summed E-state index contributed by atoms with van der Waals surface area (Å²) in [6.45, 7) is 5.00. The van der Waals surface area contributed by atoms with Gasteiger partial charge in [-0.25, -0.2) is 9.55 Å². The van der Waals surface area contributed by atoms with Gasteiger partial charge in [0.05, 0.1) is 4.90 Å². The van der Waals surface area contributed by atoms with Crippen LogP contribution in [0.4, 0.5) is 5.82 Å². The summed E-state index contributed by atoms with van der Waals surface area (Å²) in [6, 6.07) is 6.27. The molecule has 124 valence electrons. The second kappa shape index (κ2) is 6.47. The molecule has 0 N–H and O–H groups in total. The summed E-state index contributed by atoms with van der Waals surface area (Å²) < 4.78 is 30.9. The number of imidazole rings is 1. The molecule has 1 atom stereocenters. The summed E-state index contributed by atoms with van der Waals surface area (Å²) in [5, 5.41) is 10.9. The average Bonchev–Trinajstić information content (AvgIpc) is 2.80. The number of rotatable bonds is 6. The zero-order chi connectivity index (χ0) is 17.2. The Labute approximate surface area is 134 Å². The van der Waals surface area contributed by atoms with Crippen molar-refractivity contribution in [3.63, 3.8) is 0 Å². The van der Waals surface area contributed by atoms with Gasteiger partial charge in [0.15, 0.2) is 5.82 Å². The third-order valence-corrected chi connectivity index (χ3v) is 4.69. The van der Waals surface area contributed by atoms with E-state index in [9.17, 15) is 18.5 Å². The average molecular weight is 339 g/mol. The lowest BCUT2D eigenvalue weighted by molar-refractivity contribution is -0.392. The summed E-state index contributed by atoms with van der Waals surface area (Å²) in [6.07, 6.45) is 0.351. The van der Waals surface area contributed by atoms with E-state index < -0.39 is 21.1 Å². The van der Waals surface area contributed by atoms with Crippen LogP contribution in [-0.4, -0.2) is 29.0 Å². The summed E-state index contributed by atoms with van der Waals surface area (Å²) >= 11 is 0. The second-order valence-electron chi connectivity index (χ2n) is 5.21. The zero-order valence-corrected chi connectivity index (χ0v) is 13.8. The normalized spacial score (nSPS) is 13.0. The molecule has 0 radical (unpaired) electrons. The maximum Gasteiger partial charge on any atom is 0.342 e. The Kier molecular flexibility index (Phi) is 4.81. The molecular formula is C14H17N3O5S. The van der Waals surface area contributed by atoms with Crippen molar-refractivity contribution in [2.75, 3.05) is 0 Å². The van der Waals surface area contributed by atoms with E-state index >= 15 is 0 Å². The molecular weight excluding hydrogens is 322 g/mol. The van der Waals surface area contributed by atoms with E-state index in [2.05, 4.69) is 4.98 Å². The lowest BCUT2D eigenvalue weighted by Gasteiger charge is -2.13. The van der Waals surface area contributed by atoms with Gasteiger partial charge in [0.25, 0.3) is 10.1 Å². The van der Waals surface area contributed by atoms with E-state index in [-0.39, 0.29) is 17.3 Å². The highest BCUT2D eigenvalue weighted by Crippen LogP contribution is 2.19. The number of nitro groups is 1. The third kappa shape index (κ3) is 3.93. The third-order valence-electron chi connectivity index (χ3n) is 3.26. The number of hydrogen-bond acceptors (Lipinski definition) is 6. The fourth-order valence-corrected chi connectivity index (χ4v) is 3.17. The van der Waals surface area contributed by atoms with E-state index in [4.69, 9.17) is 4.18 Å². The summed E-state index contributed by atoms with van der Waals surface area (Å²) in [7, 11) is -3.93. The van der Waals surface area contributed by atoms with Crippen LogP contribution in [0.25, 0.3) is 0 Å². The lowest BCUT2D eigenvalue weighted by atomic mass is 10.2. The molecule has 0 fully saturated rings. The number of aryl methyl sites for hydroxylation is 2.